The lowest BCUT2D eigenvalue weighted by Gasteiger charge is -2.38. The maximum atomic E-state index is 5.49. The molecule has 1 aliphatic heterocycles. The molecule has 0 amide bonds. The van der Waals surface area contributed by atoms with Crippen molar-refractivity contribution in [2.24, 2.45) is 0 Å². The van der Waals surface area contributed by atoms with Gasteiger partial charge in [-0.3, -0.25) is 4.90 Å². The van der Waals surface area contributed by atoms with Crippen LogP contribution in [0.1, 0.15) is 50.0 Å². The third kappa shape index (κ3) is 3.96. The van der Waals surface area contributed by atoms with E-state index in [0.717, 1.165) is 57.2 Å². The van der Waals surface area contributed by atoms with Gasteiger partial charge in [0.25, 0.3) is 0 Å². The number of anilines is 1. The monoisotopic (exact) mass is 328 g/mol. The molecule has 0 saturated carbocycles. The highest BCUT2D eigenvalue weighted by molar-refractivity contribution is 5.48. The van der Waals surface area contributed by atoms with Gasteiger partial charge in [0.1, 0.15) is 0 Å². The van der Waals surface area contributed by atoms with E-state index >= 15 is 0 Å². The Morgan fingerprint density at radius 3 is 2.71 bits per heavy atom. The predicted octanol–water partition coefficient (Wildman–Crippen LogP) is 3.60. The van der Waals surface area contributed by atoms with E-state index in [1.165, 1.54) is 11.3 Å². The molecule has 1 aromatic carbocycles. The van der Waals surface area contributed by atoms with Crippen LogP contribution in [0.25, 0.3) is 0 Å². The molecule has 0 aliphatic carbocycles. The molecule has 5 nitrogen and oxygen atoms in total. The molecule has 0 bridgehead atoms. The number of aryl methyl sites for hydroxylation is 2. The summed E-state index contributed by atoms with van der Waals surface area (Å²) < 4.78 is 5.49. The lowest BCUT2D eigenvalue weighted by Crippen LogP contribution is -2.47. The Hall–Kier alpha value is -1.88. The van der Waals surface area contributed by atoms with Crippen molar-refractivity contribution in [2.45, 2.75) is 46.1 Å². The van der Waals surface area contributed by atoms with Gasteiger partial charge in [0.15, 0.2) is 5.82 Å². The van der Waals surface area contributed by atoms with E-state index in [1.54, 1.807) is 0 Å². The van der Waals surface area contributed by atoms with E-state index in [0.29, 0.717) is 0 Å². The van der Waals surface area contributed by atoms with Crippen LogP contribution in [0.2, 0.25) is 0 Å². The molecule has 130 valence electrons. The molecule has 5 heteroatoms. The third-order valence-corrected chi connectivity index (χ3v) is 4.82. The summed E-state index contributed by atoms with van der Waals surface area (Å²) in [5.41, 5.74) is 2.63. The molecule has 2 aromatic rings. The summed E-state index contributed by atoms with van der Waals surface area (Å²) in [4.78, 5) is 9.47. The molecule has 2 heterocycles. The Kier molecular flexibility index (Phi) is 5.51. The van der Waals surface area contributed by atoms with E-state index < -0.39 is 0 Å². The fourth-order valence-corrected chi connectivity index (χ4v) is 3.22. The van der Waals surface area contributed by atoms with Crippen molar-refractivity contribution in [2.75, 3.05) is 31.1 Å². The maximum Gasteiger partial charge on any atom is 0.243 e. The van der Waals surface area contributed by atoms with Gasteiger partial charge in [-0.15, -0.1) is 0 Å². The molecule has 1 aromatic heterocycles. The van der Waals surface area contributed by atoms with Crippen LogP contribution in [0, 0.1) is 6.92 Å². The molecule has 0 radical (unpaired) electrons. The Morgan fingerprint density at radius 2 is 2.00 bits per heavy atom. The van der Waals surface area contributed by atoms with Crippen LogP contribution in [0.3, 0.4) is 0 Å². The van der Waals surface area contributed by atoms with E-state index in [2.05, 4.69) is 65.0 Å². The minimum atomic E-state index is 0.188. The molecule has 1 aliphatic rings. The van der Waals surface area contributed by atoms with Crippen LogP contribution in [0.5, 0.6) is 0 Å². The van der Waals surface area contributed by atoms with Gasteiger partial charge in [-0.1, -0.05) is 30.6 Å². The number of rotatable bonds is 6. The van der Waals surface area contributed by atoms with Crippen LogP contribution < -0.4 is 4.90 Å². The van der Waals surface area contributed by atoms with Crippen molar-refractivity contribution in [1.82, 2.24) is 15.0 Å². The number of benzene rings is 1. The normalized spacial score (nSPS) is 17.2. The first kappa shape index (κ1) is 17.0. The number of piperazine rings is 1. The number of aromatic nitrogens is 2. The number of hydrogen-bond acceptors (Lipinski definition) is 5. The van der Waals surface area contributed by atoms with Gasteiger partial charge in [-0.25, -0.2) is 0 Å². The maximum absolute atomic E-state index is 5.49. The molecule has 24 heavy (non-hydrogen) atoms. The van der Waals surface area contributed by atoms with Gasteiger partial charge >= 0.3 is 0 Å². The first-order valence-corrected chi connectivity index (χ1v) is 9.05. The summed E-state index contributed by atoms with van der Waals surface area (Å²) in [5, 5.41) is 4.12. The van der Waals surface area contributed by atoms with Crippen molar-refractivity contribution in [3.8, 4) is 0 Å². The topological polar surface area (TPSA) is 45.4 Å². The van der Waals surface area contributed by atoms with Crippen LogP contribution in [0.15, 0.2) is 28.8 Å². The summed E-state index contributed by atoms with van der Waals surface area (Å²) in [6.45, 7) is 10.6. The number of hydrogen-bond donors (Lipinski definition) is 0. The molecule has 1 fully saturated rings. The molecule has 0 spiro atoms. The summed E-state index contributed by atoms with van der Waals surface area (Å²) in [7, 11) is 0. The third-order valence-electron chi connectivity index (χ3n) is 4.82. The standard InChI is InChI=1S/C19H28N4O/c1-4-5-9-18-20-19(24-21-18)16(3)22-10-12-23(13-11-22)17-8-6-7-15(2)14-17/h6-8,14,16H,4-5,9-13H2,1-3H3. The first-order chi connectivity index (χ1) is 11.7. The van der Waals surface area contributed by atoms with Crippen molar-refractivity contribution < 1.29 is 4.52 Å². The van der Waals surface area contributed by atoms with E-state index in [1.807, 2.05) is 0 Å². The fourth-order valence-electron chi connectivity index (χ4n) is 3.22. The highest BCUT2D eigenvalue weighted by Crippen LogP contribution is 2.23. The second kappa shape index (κ2) is 7.79. The Labute approximate surface area is 144 Å². The summed E-state index contributed by atoms with van der Waals surface area (Å²) in [5.74, 6) is 1.60. The molecule has 0 N–H and O–H groups in total. The van der Waals surface area contributed by atoms with E-state index in [-0.39, 0.29) is 6.04 Å². The predicted molar refractivity (Wildman–Crippen MR) is 96.3 cm³/mol. The summed E-state index contributed by atoms with van der Waals surface area (Å²) in [6, 6.07) is 8.93. The average Bonchev–Trinajstić information content (AvgIpc) is 3.08. The van der Waals surface area contributed by atoms with E-state index in [4.69, 9.17) is 4.52 Å². The van der Waals surface area contributed by atoms with Crippen molar-refractivity contribution in [1.29, 1.82) is 0 Å². The fraction of sp³-hybridized carbons (Fsp3) is 0.579. The highest BCUT2D eigenvalue weighted by atomic mass is 16.5. The van der Waals surface area contributed by atoms with Gasteiger partial charge < -0.3 is 9.42 Å². The minimum absolute atomic E-state index is 0.188. The zero-order valence-electron chi connectivity index (χ0n) is 15.0. The smallest absolute Gasteiger partial charge is 0.243 e. The lowest BCUT2D eigenvalue weighted by molar-refractivity contribution is 0.164. The quantitative estimate of drug-likeness (QED) is 0.810. The first-order valence-electron chi connectivity index (χ1n) is 9.05. The molecule has 3 rings (SSSR count). The molecule has 1 saturated heterocycles. The Balaban J connectivity index is 1.56. The zero-order chi connectivity index (χ0) is 16.9. The second-order valence-electron chi connectivity index (χ2n) is 6.69. The van der Waals surface area contributed by atoms with Gasteiger partial charge in [-0.05, 0) is 38.0 Å². The van der Waals surface area contributed by atoms with Crippen molar-refractivity contribution in [3.05, 3.63) is 41.5 Å². The summed E-state index contributed by atoms with van der Waals surface area (Å²) in [6.07, 6.45) is 3.18. The second-order valence-corrected chi connectivity index (χ2v) is 6.69. The SMILES string of the molecule is CCCCc1noc(C(C)N2CCN(c3cccc(C)c3)CC2)n1. The van der Waals surface area contributed by atoms with Crippen molar-refractivity contribution in [3.63, 3.8) is 0 Å². The van der Waals surface area contributed by atoms with Gasteiger partial charge in [0, 0.05) is 38.3 Å². The van der Waals surface area contributed by atoms with Gasteiger partial charge in [0.2, 0.25) is 5.89 Å². The van der Waals surface area contributed by atoms with Crippen molar-refractivity contribution >= 4 is 5.69 Å². The molecule has 1 atom stereocenters. The van der Waals surface area contributed by atoms with Crippen LogP contribution in [-0.2, 0) is 6.42 Å². The minimum Gasteiger partial charge on any atom is -0.369 e. The molecule has 1 unspecified atom stereocenters. The lowest BCUT2D eigenvalue weighted by atomic mass is 10.1. The Morgan fingerprint density at radius 1 is 1.21 bits per heavy atom. The van der Waals surface area contributed by atoms with E-state index in [9.17, 15) is 0 Å². The number of unbranched alkanes of at least 4 members (excludes halogenated alkanes) is 1. The van der Waals surface area contributed by atoms with Gasteiger partial charge in [-0.2, -0.15) is 4.98 Å². The number of nitrogens with zero attached hydrogens (tertiary/aromatic N) is 4. The Bertz CT molecular complexity index is 646. The average molecular weight is 328 g/mol. The molecular weight excluding hydrogens is 300 g/mol. The van der Waals surface area contributed by atoms with Crippen LogP contribution >= 0.6 is 0 Å². The zero-order valence-corrected chi connectivity index (χ0v) is 15.0. The summed E-state index contributed by atoms with van der Waals surface area (Å²) >= 11 is 0. The van der Waals surface area contributed by atoms with Crippen LogP contribution in [0.4, 0.5) is 5.69 Å². The highest BCUT2D eigenvalue weighted by Gasteiger charge is 2.25. The largest absolute Gasteiger partial charge is 0.369 e. The van der Waals surface area contributed by atoms with Crippen LogP contribution in [-0.4, -0.2) is 41.2 Å². The molecular formula is C19H28N4O. The van der Waals surface area contributed by atoms with Gasteiger partial charge in [0.05, 0.1) is 6.04 Å².